The molecule has 0 bridgehead atoms. The average Bonchev–Trinajstić information content (AvgIpc) is 3.24. The Morgan fingerprint density at radius 1 is 0.383 bits per heavy atom. The predicted molar refractivity (Wildman–Crippen MR) is 258 cm³/mol. The minimum atomic E-state index is -1.06. The van der Waals surface area contributed by atoms with Crippen molar-refractivity contribution in [1.29, 1.82) is 0 Å². The summed E-state index contributed by atoms with van der Waals surface area (Å²) in [5, 5.41) is 8.50. The number of hydrogen-bond acceptors (Lipinski definition) is 6. The molecule has 0 aliphatic rings. The zero-order chi connectivity index (χ0) is 44.3. The highest BCUT2D eigenvalue weighted by molar-refractivity contribution is 5.88. The standard InChI is InChI=1S/C36H74O.C17H31NO5/c1-3-5-7-9-11-13-15-17-19-21-23-25-27-29-31-33-35-37-36-34-32-30-28-26-24-22-20-18-16-14-12-10-8-6-4-2;1-2-3-4-5-6-7-8-9-10-11-16(21)23-17(22)14(18)12-13-15(19)20/h3-36H2,1-2H3;14H,2-13,18H2,1H3,(H,19,20)/t;14-/m.0/s1. The molecule has 3 N–H and O–H groups in total. The lowest BCUT2D eigenvalue weighted by Crippen LogP contribution is -2.34. The smallest absolute Gasteiger partial charge is 0.330 e. The molecule has 0 unspecified atom stereocenters. The van der Waals surface area contributed by atoms with Gasteiger partial charge in [0.1, 0.15) is 6.04 Å². The second-order valence-electron chi connectivity index (χ2n) is 18.1. The molecule has 0 saturated heterocycles. The highest BCUT2D eigenvalue weighted by Crippen LogP contribution is 2.16. The van der Waals surface area contributed by atoms with Crippen molar-refractivity contribution < 1.29 is 29.0 Å². The second kappa shape index (κ2) is 53.7. The molecule has 0 heterocycles. The van der Waals surface area contributed by atoms with E-state index in [1.807, 2.05) is 0 Å². The van der Waals surface area contributed by atoms with E-state index in [4.69, 9.17) is 15.6 Å². The summed E-state index contributed by atoms with van der Waals surface area (Å²) in [5.41, 5.74) is 5.47. The molecule has 0 aliphatic heterocycles. The van der Waals surface area contributed by atoms with E-state index in [0.29, 0.717) is 6.42 Å². The van der Waals surface area contributed by atoms with Crippen LogP contribution in [0.25, 0.3) is 0 Å². The number of ether oxygens (including phenoxy) is 2. The van der Waals surface area contributed by atoms with Gasteiger partial charge in [-0.2, -0.15) is 0 Å². The minimum Gasteiger partial charge on any atom is -0.481 e. The molecular weight excluding hydrogens is 747 g/mol. The molecule has 0 aliphatic carbocycles. The highest BCUT2D eigenvalue weighted by Gasteiger charge is 2.19. The molecule has 0 aromatic heterocycles. The van der Waals surface area contributed by atoms with Gasteiger partial charge in [-0.25, -0.2) is 4.79 Å². The molecule has 0 saturated carbocycles. The highest BCUT2D eigenvalue weighted by atomic mass is 16.6. The van der Waals surface area contributed by atoms with E-state index >= 15 is 0 Å². The van der Waals surface area contributed by atoms with Gasteiger partial charge >= 0.3 is 17.9 Å². The molecule has 0 rings (SSSR count). The lowest BCUT2D eigenvalue weighted by atomic mass is 10.0. The Kier molecular flexibility index (Phi) is 54.2. The van der Waals surface area contributed by atoms with Gasteiger partial charge in [0.05, 0.1) is 0 Å². The number of carbonyl (C=O) groups excluding carboxylic acids is 2. The van der Waals surface area contributed by atoms with Crippen molar-refractivity contribution in [3.05, 3.63) is 0 Å². The molecule has 0 amide bonds. The summed E-state index contributed by atoms with van der Waals surface area (Å²) in [7, 11) is 0. The van der Waals surface area contributed by atoms with Crippen LogP contribution in [0.4, 0.5) is 0 Å². The van der Waals surface area contributed by atoms with Gasteiger partial charge in [-0.05, 0) is 25.7 Å². The number of nitrogens with two attached hydrogens (primary N) is 1. The molecule has 0 radical (unpaired) electrons. The van der Waals surface area contributed by atoms with Crippen LogP contribution in [0.3, 0.4) is 0 Å². The third-order valence-electron chi connectivity index (χ3n) is 12.0. The SMILES string of the molecule is CCCCCCCCCCCC(=O)OC(=O)[C@@H](N)CCC(=O)O.CCCCCCCCCCCCCCCCCCOCCCCCCCCCCCCCCCCCC. The first-order valence-corrected chi connectivity index (χ1v) is 26.7. The number of esters is 2. The van der Waals surface area contributed by atoms with Crippen molar-refractivity contribution in [2.24, 2.45) is 5.73 Å². The maximum absolute atomic E-state index is 11.5. The predicted octanol–water partition coefficient (Wildman–Crippen LogP) is 16.7. The van der Waals surface area contributed by atoms with Crippen LogP contribution in [-0.2, 0) is 23.9 Å². The number of hydrogen-bond donors (Lipinski definition) is 2. The Morgan fingerprint density at radius 2 is 0.633 bits per heavy atom. The lowest BCUT2D eigenvalue weighted by Gasteiger charge is -2.09. The topological polar surface area (TPSA) is 116 Å². The molecule has 1 atom stereocenters. The first-order chi connectivity index (χ1) is 29.4. The van der Waals surface area contributed by atoms with Crippen LogP contribution in [0.15, 0.2) is 0 Å². The maximum Gasteiger partial charge on any atom is 0.330 e. The van der Waals surface area contributed by atoms with Crippen molar-refractivity contribution in [3.8, 4) is 0 Å². The molecule has 7 nitrogen and oxygen atoms in total. The Hall–Kier alpha value is -1.47. The van der Waals surface area contributed by atoms with Gasteiger partial charge in [-0.1, -0.05) is 265 Å². The van der Waals surface area contributed by atoms with Crippen LogP contribution in [-0.4, -0.2) is 42.3 Å². The minimum absolute atomic E-state index is 0.0283. The molecule has 0 spiro atoms. The quantitative estimate of drug-likeness (QED) is 0.0356. The summed E-state index contributed by atoms with van der Waals surface area (Å²) < 4.78 is 10.5. The Bertz CT molecular complexity index is 832. The fourth-order valence-corrected chi connectivity index (χ4v) is 7.82. The van der Waals surface area contributed by atoms with E-state index in [0.717, 1.165) is 26.1 Å². The van der Waals surface area contributed by atoms with Crippen molar-refractivity contribution in [1.82, 2.24) is 0 Å². The number of carboxylic acid groups (broad SMARTS) is 1. The number of rotatable bonds is 48. The van der Waals surface area contributed by atoms with Gasteiger partial charge in [0, 0.05) is 26.1 Å². The number of carboxylic acids is 1. The first-order valence-electron chi connectivity index (χ1n) is 26.7. The molecule has 60 heavy (non-hydrogen) atoms. The zero-order valence-electron chi connectivity index (χ0n) is 40.7. The van der Waals surface area contributed by atoms with Crippen molar-refractivity contribution >= 4 is 17.9 Å². The van der Waals surface area contributed by atoms with Crippen molar-refractivity contribution in [2.45, 2.75) is 309 Å². The first kappa shape index (κ1) is 60.6. The van der Waals surface area contributed by atoms with E-state index in [2.05, 4.69) is 25.5 Å². The molecule has 0 aromatic rings. The van der Waals surface area contributed by atoms with Crippen LogP contribution in [0.1, 0.15) is 303 Å². The van der Waals surface area contributed by atoms with E-state index in [1.54, 1.807) is 0 Å². The van der Waals surface area contributed by atoms with E-state index in [-0.39, 0.29) is 19.3 Å². The monoisotopic (exact) mass is 852 g/mol. The van der Waals surface area contributed by atoms with Crippen LogP contribution in [0.2, 0.25) is 0 Å². The van der Waals surface area contributed by atoms with Crippen LogP contribution < -0.4 is 5.73 Å². The summed E-state index contributed by atoms with van der Waals surface area (Å²) in [4.78, 5) is 33.3. The molecule has 358 valence electrons. The van der Waals surface area contributed by atoms with Gasteiger partial charge < -0.3 is 20.3 Å². The molecule has 0 fully saturated rings. The second-order valence-corrected chi connectivity index (χ2v) is 18.1. The van der Waals surface area contributed by atoms with Crippen LogP contribution >= 0.6 is 0 Å². The van der Waals surface area contributed by atoms with Gasteiger partial charge in [0.25, 0.3) is 0 Å². The van der Waals surface area contributed by atoms with Crippen LogP contribution in [0.5, 0.6) is 0 Å². The maximum atomic E-state index is 11.5. The molecule has 0 aromatic carbocycles. The fourth-order valence-electron chi connectivity index (χ4n) is 7.82. The third-order valence-corrected chi connectivity index (χ3v) is 12.0. The molecular formula is C53H105NO6. The van der Waals surface area contributed by atoms with Gasteiger partial charge in [0.2, 0.25) is 0 Å². The summed E-state index contributed by atoms with van der Waals surface area (Å²) in [6.07, 6.45) is 56.3. The van der Waals surface area contributed by atoms with Crippen molar-refractivity contribution in [2.75, 3.05) is 13.2 Å². The number of aliphatic carboxylic acids is 1. The van der Waals surface area contributed by atoms with E-state index < -0.39 is 23.9 Å². The largest absolute Gasteiger partial charge is 0.481 e. The lowest BCUT2D eigenvalue weighted by molar-refractivity contribution is -0.160. The Balaban J connectivity index is 0. The fraction of sp³-hybridized carbons (Fsp3) is 0.943. The number of carbonyl (C=O) groups is 3. The van der Waals surface area contributed by atoms with E-state index in [1.165, 1.54) is 244 Å². The van der Waals surface area contributed by atoms with Gasteiger partial charge in [-0.3, -0.25) is 9.59 Å². The summed E-state index contributed by atoms with van der Waals surface area (Å²) >= 11 is 0. The Labute approximate surface area is 374 Å². The van der Waals surface area contributed by atoms with Gasteiger partial charge in [-0.15, -0.1) is 0 Å². The Morgan fingerprint density at radius 3 is 0.900 bits per heavy atom. The zero-order valence-corrected chi connectivity index (χ0v) is 40.7. The molecule has 7 heteroatoms. The average molecular weight is 852 g/mol. The third kappa shape index (κ3) is 54.5. The van der Waals surface area contributed by atoms with Gasteiger partial charge in [0.15, 0.2) is 0 Å². The normalized spacial score (nSPS) is 11.7. The summed E-state index contributed by atoms with van der Waals surface area (Å²) in [6.45, 7) is 8.80. The summed E-state index contributed by atoms with van der Waals surface area (Å²) in [6, 6.07) is -1.06. The number of unbranched alkanes of at least 4 members (excludes halogenated alkanes) is 38. The summed E-state index contributed by atoms with van der Waals surface area (Å²) in [5.74, 6) is -2.45. The van der Waals surface area contributed by atoms with E-state index in [9.17, 15) is 14.4 Å². The van der Waals surface area contributed by atoms with Crippen molar-refractivity contribution in [3.63, 3.8) is 0 Å². The van der Waals surface area contributed by atoms with Crippen LogP contribution in [0, 0.1) is 0 Å².